The van der Waals surface area contributed by atoms with Crippen LogP contribution in [0.4, 0.5) is 15.8 Å². The van der Waals surface area contributed by atoms with E-state index in [9.17, 15) is 24.3 Å². The second kappa shape index (κ2) is 14.7. The molecule has 4 aromatic rings. The van der Waals surface area contributed by atoms with Crippen molar-refractivity contribution in [1.82, 2.24) is 15.1 Å². The van der Waals surface area contributed by atoms with Crippen LogP contribution in [0, 0.1) is 11.7 Å². The van der Waals surface area contributed by atoms with E-state index in [1.807, 2.05) is 17.0 Å². The van der Waals surface area contributed by atoms with Gasteiger partial charge in [0.1, 0.15) is 23.4 Å². The fraction of sp³-hybridized carbons (Fsp3) is 0.364. The zero-order chi connectivity index (χ0) is 38.5. The lowest BCUT2D eigenvalue weighted by atomic mass is 9.76. The second-order valence-electron chi connectivity index (χ2n) is 15.6. The van der Waals surface area contributed by atoms with Gasteiger partial charge in [0.05, 0.1) is 23.4 Å². The van der Waals surface area contributed by atoms with Crippen molar-refractivity contribution < 1.29 is 33.4 Å². The Hall–Kier alpha value is -5.75. The van der Waals surface area contributed by atoms with Gasteiger partial charge in [0.25, 0.3) is 11.8 Å². The largest absolute Gasteiger partial charge is 0.508 e. The summed E-state index contributed by atoms with van der Waals surface area (Å²) in [5, 5.41) is 12.3. The summed E-state index contributed by atoms with van der Waals surface area (Å²) in [5.74, 6) is -1.31. The number of imide groups is 2. The minimum absolute atomic E-state index is 0.0262. The molecule has 12 heteroatoms. The number of hydrogen-bond acceptors (Lipinski definition) is 9. The number of piperazine rings is 1. The number of rotatable bonds is 7. The van der Waals surface area contributed by atoms with Crippen molar-refractivity contribution in [3.63, 3.8) is 0 Å². The van der Waals surface area contributed by atoms with E-state index >= 15 is 4.39 Å². The molecule has 56 heavy (non-hydrogen) atoms. The maximum atomic E-state index is 15.5. The summed E-state index contributed by atoms with van der Waals surface area (Å²) in [4.78, 5) is 58.2. The first-order valence-corrected chi connectivity index (χ1v) is 19.6. The highest BCUT2D eigenvalue weighted by Gasteiger charge is 2.45. The van der Waals surface area contributed by atoms with Crippen LogP contribution < -0.4 is 19.9 Å². The molecule has 0 saturated carbocycles. The predicted molar refractivity (Wildman–Crippen MR) is 208 cm³/mol. The van der Waals surface area contributed by atoms with Crippen LogP contribution in [0.5, 0.6) is 11.5 Å². The normalized spacial score (nSPS) is 23.2. The van der Waals surface area contributed by atoms with Crippen molar-refractivity contribution in [2.24, 2.45) is 5.92 Å². The Morgan fingerprint density at radius 2 is 1.46 bits per heavy atom. The van der Waals surface area contributed by atoms with Crippen LogP contribution in [0.3, 0.4) is 0 Å². The Balaban J connectivity index is 0.799. The van der Waals surface area contributed by atoms with Crippen molar-refractivity contribution in [2.75, 3.05) is 62.2 Å². The van der Waals surface area contributed by atoms with Gasteiger partial charge in [0, 0.05) is 81.4 Å². The number of carbonyl (C=O) groups is 4. The van der Waals surface area contributed by atoms with Crippen molar-refractivity contribution >= 4 is 35.0 Å². The first-order valence-electron chi connectivity index (χ1n) is 19.6. The number of nitrogens with one attached hydrogen (secondary N) is 1. The first kappa shape index (κ1) is 35.9. The lowest BCUT2D eigenvalue weighted by Crippen LogP contribution is -2.54. The van der Waals surface area contributed by atoms with Crippen molar-refractivity contribution in [1.29, 1.82) is 0 Å². The van der Waals surface area contributed by atoms with E-state index in [0.29, 0.717) is 25.6 Å². The second-order valence-corrected chi connectivity index (χ2v) is 15.6. The molecule has 4 aromatic carbocycles. The van der Waals surface area contributed by atoms with Crippen LogP contribution in [0.25, 0.3) is 0 Å². The topological polar surface area (TPSA) is 123 Å². The Kier molecular flexibility index (Phi) is 9.44. The third-order valence-corrected chi connectivity index (χ3v) is 12.3. The number of aromatic hydroxyl groups is 1. The number of phenolic OH excluding ortho intramolecular Hbond substituents is 1. The van der Waals surface area contributed by atoms with Gasteiger partial charge in [-0.05, 0) is 66.6 Å². The molecule has 0 spiro atoms. The molecule has 3 saturated heterocycles. The smallest absolute Gasteiger partial charge is 0.262 e. The van der Waals surface area contributed by atoms with E-state index < -0.39 is 35.5 Å². The maximum Gasteiger partial charge on any atom is 0.262 e. The fourth-order valence-corrected chi connectivity index (χ4v) is 9.32. The van der Waals surface area contributed by atoms with E-state index in [1.54, 1.807) is 12.1 Å². The zero-order valence-electron chi connectivity index (χ0n) is 31.0. The Bertz CT molecular complexity index is 2180. The molecule has 0 bridgehead atoms. The van der Waals surface area contributed by atoms with Gasteiger partial charge < -0.3 is 19.6 Å². The molecule has 3 unspecified atom stereocenters. The number of amides is 4. The summed E-state index contributed by atoms with van der Waals surface area (Å²) >= 11 is 0. The molecular weight excluding hydrogens is 714 g/mol. The molecule has 4 amide bonds. The molecule has 5 aliphatic rings. The van der Waals surface area contributed by atoms with Gasteiger partial charge in [-0.3, -0.25) is 34.3 Å². The average Bonchev–Trinajstić information content (AvgIpc) is 3.45. The van der Waals surface area contributed by atoms with Gasteiger partial charge >= 0.3 is 0 Å². The van der Waals surface area contributed by atoms with Crippen molar-refractivity contribution in [3.8, 4) is 11.5 Å². The highest BCUT2D eigenvalue weighted by Crippen LogP contribution is 2.47. The highest BCUT2D eigenvalue weighted by atomic mass is 19.1. The van der Waals surface area contributed by atoms with Gasteiger partial charge in [-0.1, -0.05) is 48.5 Å². The lowest BCUT2D eigenvalue weighted by molar-refractivity contribution is -0.136. The standard InChI is InChI=1S/C44H44FN5O6/c45-36-23-33-34(44(55)50(43(33)54)37-12-13-40(52)46-42(37)53)24-38(36)49-20-18-47(19-21-49)25-27-14-16-48(17-15-27)30-8-6-29(7-9-30)41-32-11-10-31(51)22-39(32)56-26-35(41)28-4-2-1-3-5-28/h1-11,22-24,27,35,37,41,51H,12-21,25-26H2,(H,46,52,53). The molecular formula is C44H44FN5O6. The third-order valence-electron chi connectivity index (χ3n) is 12.3. The summed E-state index contributed by atoms with van der Waals surface area (Å²) in [7, 11) is 0. The van der Waals surface area contributed by atoms with E-state index in [4.69, 9.17) is 4.74 Å². The van der Waals surface area contributed by atoms with Gasteiger partial charge in [-0.25, -0.2) is 4.39 Å². The Morgan fingerprint density at radius 3 is 2.18 bits per heavy atom. The SMILES string of the molecule is O=C1CCC(N2C(=O)c3cc(F)c(N4CCN(CC5CCN(c6ccc(C7c8ccc(O)cc8OCC7c7ccccc7)cc6)CC5)CC4)cc3C2=O)C(=O)N1. The molecule has 288 valence electrons. The molecule has 5 aliphatic heterocycles. The first-order chi connectivity index (χ1) is 27.2. The van der Waals surface area contributed by atoms with Crippen LogP contribution in [-0.2, 0) is 9.59 Å². The number of nitrogens with zero attached hydrogens (tertiary/aromatic N) is 4. The van der Waals surface area contributed by atoms with Gasteiger partial charge in [0.2, 0.25) is 11.8 Å². The molecule has 2 N–H and O–H groups in total. The average molecular weight is 758 g/mol. The van der Waals surface area contributed by atoms with Crippen LogP contribution in [0.15, 0.2) is 84.9 Å². The number of halogens is 1. The number of ether oxygens (including phenoxy) is 1. The summed E-state index contributed by atoms with van der Waals surface area (Å²) < 4.78 is 21.6. The molecule has 0 radical (unpaired) electrons. The van der Waals surface area contributed by atoms with Gasteiger partial charge in [-0.15, -0.1) is 0 Å². The lowest BCUT2D eigenvalue weighted by Gasteiger charge is -2.40. The molecule has 11 nitrogen and oxygen atoms in total. The molecule has 0 aromatic heterocycles. The van der Waals surface area contributed by atoms with E-state index in [0.717, 1.165) is 67.8 Å². The van der Waals surface area contributed by atoms with E-state index in [-0.39, 0.29) is 47.2 Å². The fourth-order valence-electron chi connectivity index (χ4n) is 9.32. The van der Waals surface area contributed by atoms with E-state index in [2.05, 4.69) is 63.6 Å². The molecule has 3 atom stereocenters. The van der Waals surface area contributed by atoms with Crippen LogP contribution in [-0.4, -0.2) is 97.0 Å². The van der Waals surface area contributed by atoms with Crippen LogP contribution >= 0.6 is 0 Å². The number of piperidine rings is 2. The third kappa shape index (κ3) is 6.65. The van der Waals surface area contributed by atoms with Crippen LogP contribution in [0.1, 0.15) is 74.9 Å². The summed E-state index contributed by atoms with van der Waals surface area (Å²) in [6, 6.07) is 26.4. The molecule has 3 fully saturated rings. The Morgan fingerprint density at radius 1 is 0.750 bits per heavy atom. The number of hydrogen-bond donors (Lipinski definition) is 2. The molecule has 9 rings (SSSR count). The maximum absolute atomic E-state index is 15.5. The monoisotopic (exact) mass is 757 g/mol. The molecule has 0 aliphatic carbocycles. The summed E-state index contributed by atoms with van der Waals surface area (Å²) in [6.07, 6.45) is 2.23. The van der Waals surface area contributed by atoms with Gasteiger partial charge in [0.15, 0.2) is 0 Å². The highest BCUT2D eigenvalue weighted by molar-refractivity contribution is 6.23. The van der Waals surface area contributed by atoms with E-state index in [1.165, 1.54) is 22.9 Å². The minimum atomic E-state index is -1.09. The quantitative estimate of drug-likeness (QED) is 0.243. The predicted octanol–water partition coefficient (Wildman–Crippen LogP) is 5.28. The van der Waals surface area contributed by atoms with Crippen molar-refractivity contribution in [2.45, 2.75) is 43.6 Å². The number of fused-ring (bicyclic) bond motifs is 2. The number of carbonyl (C=O) groups excluding carboxylic acids is 4. The Labute approximate surface area is 324 Å². The summed E-state index contributed by atoms with van der Waals surface area (Å²) in [5.41, 5.74) is 5.07. The van der Waals surface area contributed by atoms with Crippen LogP contribution in [0.2, 0.25) is 0 Å². The van der Waals surface area contributed by atoms with Gasteiger partial charge in [-0.2, -0.15) is 0 Å². The van der Waals surface area contributed by atoms with Crippen molar-refractivity contribution in [3.05, 3.63) is 119 Å². The zero-order valence-corrected chi connectivity index (χ0v) is 31.0. The molecule has 5 heterocycles. The number of phenols is 1. The number of anilines is 2. The number of benzene rings is 4. The summed E-state index contributed by atoms with van der Waals surface area (Å²) in [6.45, 7) is 6.14. The minimum Gasteiger partial charge on any atom is -0.508 e.